The summed E-state index contributed by atoms with van der Waals surface area (Å²) in [6.07, 6.45) is 3.56. The Morgan fingerprint density at radius 1 is 1.19 bits per heavy atom. The first-order valence-electron chi connectivity index (χ1n) is 8.31. The third kappa shape index (κ3) is 3.33. The Hall–Kier alpha value is -0.450. The predicted molar refractivity (Wildman–Crippen MR) is 92.0 cm³/mol. The number of aryl methyl sites for hydroxylation is 2. The summed E-state index contributed by atoms with van der Waals surface area (Å²) < 4.78 is 0. The van der Waals surface area contributed by atoms with E-state index in [1.54, 1.807) is 0 Å². The lowest BCUT2D eigenvalue weighted by molar-refractivity contribution is -0.00412. The average molecular weight is 310 g/mol. The zero-order valence-corrected chi connectivity index (χ0v) is 15.4. The van der Waals surface area contributed by atoms with E-state index in [1.165, 1.54) is 34.8 Å². The van der Waals surface area contributed by atoms with E-state index in [4.69, 9.17) is 4.98 Å². The molecule has 1 atom stereocenters. The van der Waals surface area contributed by atoms with Crippen molar-refractivity contribution in [1.82, 2.24) is 15.2 Å². The van der Waals surface area contributed by atoms with E-state index in [0.717, 1.165) is 19.6 Å². The van der Waals surface area contributed by atoms with E-state index < -0.39 is 0 Å². The first-order valence-corrected chi connectivity index (χ1v) is 9.12. The van der Waals surface area contributed by atoms with Gasteiger partial charge in [-0.2, -0.15) is 0 Å². The SMILES string of the molecule is CCC1(C)CN(Cc2nc(C)c(C)s2)C(CC)(CC)CN1. The molecule has 0 radical (unpaired) electrons. The molecule has 2 rings (SSSR count). The molecule has 1 aromatic rings. The van der Waals surface area contributed by atoms with Gasteiger partial charge >= 0.3 is 0 Å². The number of piperazine rings is 1. The lowest BCUT2D eigenvalue weighted by Gasteiger charge is -2.53. The molecule has 0 amide bonds. The van der Waals surface area contributed by atoms with Crippen LogP contribution >= 0.6 is 11.3 Å². The van der Waals surface area contributed by atoms with Crippen LogP contribution in [-0.2, 0) is 6.54 Å². The molecular formula is C17H31N3S. The number of hydrogen-bond acceptors (Lipinski definition) is 4. The standard InChI is InChI=1S/C17H31N3S/c1-7-16(6)12-20(17(8-2,9-3)11-18-16)10-15-19-13(4)14(5)21-15/h18H,7-12H2,1-6H3. The summed E-state index contributed by atoms with van der Waals surface area (Å²) in [6, 6.07) is 0. The van der Waals surface area contributed by atoms with Crippen LogP contribution in [0.1, 0.15) is 62.5 Å². The minimum Gasteiger partial charge on any atom is -0.308 e. The highest BCUT2D eigenvalue weighted by Gasteiger charge is 2.43. The van der Waals surface area contributed by atoms with Gasteiger partial charge in [0.15, 0.2) is 0 Å². The maximum Gasteiger partial charge on any atom is 0.107 e. The zero-order valence-electron chi connectivity index (χ0n) is 14.5. The van der Waals surface area contributed by atoms with E-state index in [0.29, 0.717) is 0 Å². The van der Waals surface area contributed by atoms with Crippen LogP contribution in [0.3, 0.4) is 0 Å². The second-order valence-corrected chi connectivity index (χ2v) is 8.09. The Balaban J connectivity index is 2.24. The Bertz CT molecular complexity index is 459. The molecule has 2 heterocycles. The maximum absolute atomic E-state index is 4.77. The minimum absolute atomic E-state index is 0.231. The van der Waals surface area contributed by atoms with Crippen LogP contribution in [0.4, 0.5) is 0 Å². The molecule has 1 aliphatic rings. The molecule has 0 saturated carbocycles. The number of rotatable bonds is 5. The van der Waals surface area contributed by atoms with Gasteiger partial charge in [-0.05, 0) is 40.0 Å². The number of nitrogens with zero attached hydrogens (tertiary/aromatic N) is 2. The molecule has 1 aliphatic heterocycles. The van der Waals surface area contributed by atoms with Crippen molar-refractivity contribution in [2.24, 2.45) is 0 Å². The largest absolute Gasteiger partial charge is 0.308 e. The van der Waals surface area contributed by atoms with Gasteiger partial charge in [0.25, 0.3) is 0 Å². The van der Waals surface area contributed by atoms with Gasteiger partial charge in [-0.25, -0.2) is 4.98 Å². The molecule has 3 nitrogen and oxygen atoms in total. The first kappa shape index (κ1) is 16.9. The average Bonchev–Trinajstić information content (AvgIpc) is 2.78. The highest BCUT2D eigenvalue weighted by atomic mass is 32.1. The predicted octanol–water partition coefficient (Wildman–Crippen LogP) is 3.89. The van der Waals surface area contributed by atoms with Crippen LogP contribution in [-0.4, -0.2) is 34.1 Å². The monoisotopic (exact) mass is 309 g/mol. The van der Waals surface area contributed by atoms with Gasteiger partial charge in [0.1, 0.15) is 5.01 Å². The van der Waals surface area contributed by atoms with Crippen LogP contribution in [0.2, 0.25) is 0 Å². The molecule has 1 unspecified atom stereocenters. The number of nitrogens with one attached hydrogen (secondary N) is 1. The van der Waals surface area contributed by atoms with E-state index in [1.807, 2.05) is 11.3 Å². The van der Waals surface area contributed by atoms with Crippen LogP contribution in [0.15, 0.2) is 0 Å². The molecule has 0 aromatic carbocycles. The summed E-state index contributed by atoms with van der Waals surface area (Å²) in [6.45, 7) is 16.8. The van der Waals surface area contributed by atoms with Crippen LogP contribution in [0.5, 0.6) is 0 Å². The van der Waals surface area contributed by atoms with Crippen molar-refractivity contribution in [1.29, 1.82) is 0 Å². The fourth-order valence-electron chi connectivity index (χ4n) is 3.31. The van der Waals surface area contributed by atoms with Crippen molar-refractivity contribution < 1.29 is 0 Å². The van der Waals surface area contributed by atoms with Crippen LogP contribution in [0.25, 0.3) is 0 Å². The second kappa shape index (κ2) is 6.35. The van der Waals surface area contributed by atoms with Gasteiger partial charge in [-0.1, -0.05) is 20.8 Å². The van der Waals surface area contributed by atoms with Gasteiger partial charge in [0, 0.05) is 29.0 Å². The third-order valence-electron chi connectivity index (χ3n) is 5.55. The number of hydrogen-bond donors (Lipinski definition) is 1. The summed E-state index contributed by atoms with van der Waals surface area (Å²) in [5.74, 6) is 0. The molecule has 120 valence electrons. The summed E-state index contributed by atoms with van der Waals surface area (Å²) in [5, 5.41) is 5.09. The van der Waals surface area contributed by atoms with Crippen molar-refractivity contribution in [3.8, 4) is 0 Å². The van der Waals surface area contributed by atoms with Crippen LogP contribution < -0.4 is 5.32 Å². The highest BCUT2D eigenvalue weighted by Crippen LogP contribution is 2.33. The van der Waals surface area contributed by atoms with E-state index >= 15 is 0 Å². The molecule has 1 N–H and O–H groups in total. The molecule has 1 fully saturated rings. The smallest absolute Gasteiger partial charge is 0.107 e. The van der Waals surface area contributed by atoms with E-state index in [-0.39, 0.29) is 11.1 Å². The molecule has 0 bridgehead atoms. The van der Waals surface area contributed by atoms with Gasteiger partial charge in [0.2, 0.25) is 0 Å². The highest BCUT2D eigenvalue weighted by molar-refractivity contribution is 7.11. The molecule has 0 aliphatic carbocycles. The Kier molecular flexibility index (Phi) is 5.11. The van der Waals surface area contributed by atoms with Gasteiger partial charge in [-0.3, -0.25) is 4.90 Å². The summed E-state index contributed by atoms with van der Waals surface area (Å²) in [7, 11) is 0. The molecular weight excluding hydrogens is 278 g/mol. The van der Waals surface area contributed by atoms with Gasteiger partial charge < -0.3 is 5.32 Å². The first-order chi connectivity index (χ1) is 9.88. The fourth-order valence-corrected chi connectivity index (χ4v) is 4.26. The molecule has 21 heavy (non-hydrogen) atoms. The normalized spacial score (nSPS) is 26.2. The fraction of sp³-hybridized carbons (Fsp3) is 0.824. The van der Waals surface area contributed by atoms with Crippen LogP contribution in [0, 0.1) is 13.8 Å². The van der Waals surface area contributed by atoms with Crippen molar-refractivity contribution in [3.63, 3.8) is 0 Å². The van der Waals surface area contributed by atoms with Crippen molar-refractivity contribution in [3.05, 3.63) is 15.6 Å². The molecule has 1 saturated heterocycles. The lowest BCUT2D eigenvalue weighted by atomic mass is 9.82. The third-order valence-corrected chi connectivity index (χ3v) is 6.61. The van der Waals surface area contributed by atoms with Gasteiger partial charge in [-0.15, -0.1) is 11.3 Å². The van der Waals surface area contributed by atoms with E-state index in [9.17, 15) is 0 Å². The number of thiazole rings is 1. The maximum atomic E-state index is 4.77. The van der Waals surface area contributed by atoms with Gasteiger partial charge in [0.05, 0.1) is 12.2 Å². The molecule has 0 spiro atoms. The summed E-state index contributed by atoms with van der Waals surface area (Å²) >= 11 is 1.86. The Labute approximate surface area is 134 Å². The number of aromatic nitrogens is 1. The zero-order chi connectivity index (χ0) is 15.7. The lowest BCUT2D eigenvalue weighted by Crippen LogP contribution is -2.68. The quantitative estimate of drug-likeness (QED) is 0.894. The Morgan fingerprint density at radius 2 is 1.86 bits per heavy atom. The topological polar surface area (TPSA) is 28.2 Å². The molecule has 1 aromatic heterocycles. The molecule has 4 heteroatoms. The van der Waals surface area contributed by atoms with Crippen molar-refractivity contribution in [2.75, 3.05) is 13.1 Å². The summed E-state index contributed by atoms with van der Waals surface area (Å²) in [5.41, 5.74) is 1.71. The minimum atomic E-state index is 0.231. The van der Waals surface area contributed by atoms with E-state index in [2.05, 4.69) is 51.8 Å². The summed E-state index contributed by atoms with van der Waals surface area (Å²) in [4.78, 5) is 8.83. The van der Waals surface area contributed by atoms with Crippen molar-refractivity contribution >= 4 is 11.3 Å². The Morgan fingerprint density at radius 3 is 2.33 bits per heavy atom. The van der Waals surface area contributed by atoms with Crippen molar-refractivity contribution in [2.45, 2.75) is 78.4 Å². The second-order valence-electron chi connectivity index (χ2n) is 6.80.